The second kappa shape index (κ2) is 6.82. The van der Waals surface area contributed by atoms with Crippen LogP contribution in [0.3, 0.4) is 0 Å². The summed E-state index contributed by atoms with van der Waals surface area (Å²) in [4.78, 5) is 4.14. The Labute approximate surface area is 139 Å². The Hall–Kier alpha value is -2.03. The molecule has 0 aliphatic heterocycles. The number of pyridine rings is 1. The number of aromatic nitrogens is 1. The zero-order valence-electron chi connectivity index (χ0n) is 11.7. The number of hydrogen-bond donors (Lipinski definition) is 0. The fourth-order valence-electron chi connectivity index (χ4n) is 2.13. The number of nitrogens with zero attached hydrogens (tertiary/aromatic N) is 1. The third-order valence-corrected chi connectivity index (χ3v) is 3.71. The van der Waals surface area contributed by atoms with Crippen molar-refractivity contribution in [2.45, 2.75) is 6.61 Å². The van der Waals surface area contributed by atoms with E-state index in [-0.39, 0.29) is 0 Å². The molecule has 2 nitrogen and oxygen atoms in total. The van der Waals surface area contributed by atoms with Gasteiger partial charge < -0.3 is 4.74 Å². The molecule has 0 saturated carbocycles. The van der Waals surface area contributed by atoms with Crippen LogP contribution in [0.5, 0.6) is 5.75 Å². The van der Waals surface area contributed by atoms with Crippen LogP contribution in [0.15, 0.2) is 67.0 Å². The molecule has 3 rings (SSSR count). The van der Waals surface area contributed by atoms with Gasteiger partial charge in [-0.05, 0) is 41.5 Å². The minimum absolute atomic E-state index is 0.455. The van der Waals surface area contributed by atoms with Crippen molar-refractivity contribution >= 4 is 23.2 Å². The number of rotatable bonds is 4. The average molecular weight is 330 g/mol. The van der Waals surface area contributed by atoms with Gasteiger partial charge in [-0.1, -0.05) is 47.5 Å². The maximum atomic E-state index is 6.07. The van der Waals surface area contributed by atoms with Crippen LogP contribution in [0, 0.1) is 0 Å². The molecule has 0 N–H and O–H groups in total. The highest BCUT2D eigenvalue weighted by Crippen LogP contribution is 2.31. The van der Waals surface area contributed by atoms with E-state index in [4.69, 9.17) is 27.9 Å². The smallest absolute Gasteiger partial charge is 0.145 e. The highest BCUT2D eigenvalue weighted by Gasteiger charge is 2.07. The third-order valence-electron chi connectivity index (χ3n) is 3.23. The Bertz CT molecular complexity index is 772. The summed E-state index contributed by atoms with van der Waals surface area (Å²) in [6.07, 6.45) is 3.46. The molecule has 0 spiro atoms. The Kier molecular flexibility index (Phi) is 4.62. The molecule has 22 heavy (non-hydrogen) atoms. The van der Waals surface area contributed by atoms with E-state index in [1.165, 1.54) is 0 Å². The van der Waals surface area contributed by atoms with Gasteiger partial charge in [0.2, 0.25) is 0 Å². The van der Waals surface area contributed by atoms with Crippen LogP contribution in [-0.4, -0.2) is 4.98 Å². The summed E-state index contributed by atoms with van der Waals surface area (Å²) in [5.74, 6) is 0.722. The van der Waals surface area contributed by atoms with Crippen LogP contribution in [0.2, 0.25) is 10.0 Å². The summed E-state index contributed by atoms with van der Waals surface area (Å²) < 4.78 is 5.91. The molecular weight excluding hydrogens is 317 g/mol. The first-order chi connectivity index (χ1) is 10.7. The van der Waals surface area contributed by atoms with Crippen LogP contribution in [0.4, 0.5) is 0 Å². The fourth-order valence-corrected chi connectivity index (χ4v) is 2.45. The van der Waals surface area contributed by atoms with Crippen LogP contribution in [-0.2, 0) is 6.61 Å². The molecule has 0 aliphatic rings. The first-order valence-electron chi connectivity index (χ1n) is 6.79. The van der Waals surface area contributed by atoms with Gasteiger partial charge in [0.1, 0.15) is 12.4 Å². The molecule has 0 unspecified atom stereocenters. The van der Waals surface area contributed by atoms with E-state index < -0.39 is 0 Å². The van der Waals surface area contributed by atoms with Crippen molar-refractivity contribution in [1.82, 2.24) is 4.98 Å². The molecule has 4 heteroatoms. The lowest BCUT2D eigenvalue weighted by Gasteiger charge is -2.11. The van der Waals surface area contributed by atoms with Crippen molar-refractivity contribution < 1.29 is 4.74 Å². The van der Waals surface area contributed by atoms with Crippen LogP contribution in [0.25, 0.3) is 11.1 Å². The van der Waals surface area contributed by atoms with Gasteiger partial charge in [0, 0.05) is 21.8 Å². The second-order valence-corrected chi connectivity index (χ2v) is 5.67. The SMILES string of the molecule is Clc1ccc(COc2cnccc2-c2cccc(Cl)c2)cc1. The number of ether oxygens (including phenoxy) is 1. The molecule has 0 radical (unpaired) electrons. The molecule has 3 aromatic rings. The van der Waals surface area contributed by atoms with Gasteiger partial charge in [0.25, 0.3) is 0 Å². The van der Waals surface area contributed by atoms with Crippen molar-refractivity contribution in [3.8, 4) is 16.9 Å². The molecule has 0 atom stereocenters. The Balaban J connectivity index is 1.84. The van der Waals surface area contributed by atoms with Gasteiger partial charge >= 0.3 is 0 Å². The minimum Gasteiger partial charge on any atom is -0.487 e. The van der Waals surface area contributed by atoms with Gasteiger partial charge in [-0.15, -0.1) is 0 Å². The normalized spacial score (nSPS) is 10.5. The summed E-state index contributed by atoms with van der Waals surface area (Å²) in [6, 6.07) is 17.2. The van der Waals surface area contributed by atoms with Crippen molar-refractivity contribution in [1.29, 1.82) is 0 Å². The van der Waals surface area contributed by atoms with E-state index in [0.29, 0.717) is 16.7 Å². The van der Waals surface area contributed by atoms with Gasteiger partial charge in [0.15, 0.2) is 0 Å². The molecule has 0 aliphatic carbocycles. The van der Waals surface area contributed by atoms with E-state index in [1.54, 1.807) is 12.4 Å². The molecule has 0 bridgehead atoms. The average Bonchev–Trinajstić information content (AvgIpc) is 2.55. The van der Waals surface area contributed by atoms with Gasteiger partial charge in [0.05, 0.1) is 6.20 Å². The number of benzene rings is 2. The lowest BCUT2D eigenvalue weighted by Crippen LogP contribution is -1.97. The third kappa shape index (κ3) is 3.59. The van der Waals surface area contributed by atoms with Crippen molar-refractivity contribution in [3.63, 3.8) is 0 Å². The summed E-state index contributed by atoms with van der Waals surface area (Å²) in [6.45, 7) is 0.455. The van der Waals surface area contributed by atoms with E-state index in [1.807, 2.05) is 54.6 Å². The van der Waals surface area contributed by atoms with Crippen LogP contribution in [0.1, 0.15) is 5.56 Å². The lowest BCUT2D eigenvalue weighted by molar-refractivity contribution is 0.306. The summed E-state index contributed by atoms with van der Waals surface area (Å²) in [5, 5.41) is 1.41. The number of halogens is 2. The predicted octanol–water partition coefficient (Wildman–Crippen LogP) is 5.63. The monoisotopic (exact) mass is 329 g/mol. The molecule has 110 valence electrons. The zero-order valence-corrected chi connectivity index (χ0v) is 13.2. The zero-order chi connectivity index (χ0) is 15.4. The molecule has 0 fully saturated rings. The quantitative estimate of drug-likeness (QED) is 0.618. The lowest BCUT2D eigenvalue weighted by atomic mass is 10.1. The first-order valence-corrected chi connectivity index (χ1v) is 7.55. The topological polar surface area (TPSA) is 22.1 Å². The van der Waals surface area contributed by atoms with E-state index >= 15 is 0 Å². The highest BCUT2D eigenvalue weighted by molar-refractivity contribution is 6.31. The summed E-state index contributed by atoms with van der Waals surface area (Å²) >= 11 is 12.0. The Morgan fingerprint density at radius 2 is 1.73 bits per heavy atom. The second-order valence-electron chi connectivity index (χ2n) is 4.80. The molecule has 1 heterocycles. The molecule has 0 amide bonds. The Morgan fingerprint density at radius 1 is 0.909 bits per heavy atom. The molecule has 1 aromatic heterocycles. The predicted molar refractivity (Wildman–Crippen MR) is 90.5 cm³/mol. The maximum absolute atomic E-state index is 6.07. The van der Waals surface area contributed by atoms with Crippen molar-refractivity contribution in [2.75, 3.05) is 0 Å². The van der Waals surface area contributed by atoms with Crippen molar-refractivity contribution in [2.24, 2.45) is 0 Å². The van der Waals surface area contributed by atoms with Gasteiger partial charge in [-0.25, -0.2) is 0 Å². The standard InChI is InChI=1S/C18H13Cl2NO/c19-15-6-4-13(5-7-15)12-22-18-11-21-9-8-17(18)14-2-1-3-16(20)10-14/h1-11H,12H2. The van der Waals surface area contributed by atoms with Crippen LogP contribution < -0.4 is 4.74 Å². The maximum Gasteiger partial charge on any atom is 0.145 e. The molecule has 2 aromatic carbocycles. The van der Waals surface area contributed by atoms with Crippen LogP contribution >= 0.6 is 23.2 Å². The summed E-state index contributed by atoms with van der Waals surface area (Å²) in [7, 11) is 0. The van der Waals surface area contributed by atoms with E-state index in [2.05, 4.69) is 4.98 Å². The van der Waals surface area contributed by atoms with Gasteiger partial charge in [-0.3, -0.25) is 4.98 Å². The van der Waals surface area contributed by atoms with E-state index in [9.17, 15) is 0 Å². The van der Waals surface area contributed by atoms with Gasteiger partial charge in [-0.2, -0.15) is 0 Å². The Morgan fingerprint density at radius 3 is 2.50 bits per heavy atom. The molecular formula is C18H13Cl2NO. The number of hydrogen-bond acceptors (Lipinski definition) is 2. The highest BCUT2D eigenvalue weighted by atomic mass is 35.5. The summed E-state index contributed by atoms with van der Waals surface area (Å²) in [5.41, 5.74) is 3.01. The fraction of sp³-hybridized carbons (Fsp3) is 0.0556. The van der Waals surface area contributed by atoms with Crippen molar-refractivity contribution in [3.05, 3.63) is 82.6 Å². The largest absolute Gasteiger partial charge is 0.487 e. The minimum atomic E-state index is 0.455. The first kappa shape index (κ1) is 14.9. The van der Waals surface area contributed by atoms with E-state index in [0.717, 1.165) is 22.4 Å². The molecule has 0 saturated heterocycles.